The first-order valence-electron chi connectivity index (χ1n) is 9.30. The highest BCUT2D eigenvalue weighted by Gasteiger charge is 2.16. The summed E-state index contributed by atoms with van der Waals surface area (Å²) in [5.74, 6) is 0.801. The molecule has 3 aromatic rings. The van der Waals surface area contributed by atoms with Crippen molar-refractivity contribution in [2.24, 2.45) is 0 Å². The summed E-state index contributed by atoms with van der Waals surface area (Å²) in [7, 11) is 2.14. The maximum atomic E-state index is 12.6. The monoisotopic (exact) mass is 363 g/mol. The molecule has 2 aromatic heterocycles. The van der Waals surface area contributed by atoms with Crippen molar-refractivity contribution in [2.75, 3.05) is 43.4 Å². The third-order valence-corrected chi connectivity index (χ3v) is 5.17. The van der Waals surface area contributed by atoms with Crippen LogP contribution >= 0.6 is 0 Å². The molecule has 0 spiro atoms. The predicted octanol–water partition coefficient (Wildman–Crippen LogP) is 3.18. The molecule has 3 heterocycles. The Bertz CT molecular complexity index is 968. The zero-order valence-electron chi connectivity index (χ0n) is 16.0. The quantitative estimate of drug-likeness (QED) is 0.750. The number of rotatable bonds is 3. The van der Waals surface area contributed by atoms with Gasteiger partial charge in [-0.15, -0.1) is 0 Å². The van der Waals surface area contributed by atoms with Gasteiger partial charge in [-0.05, 0) is 56.3 Å². The summed E-state index contributed by atoms with van der Waals surface area (Å²) in [6, 6.07) is 9.98. The average molecular weight is 363 g/mol. The van der Waals surface area contributed by atoms with Crippen molar-refractivity contribution >= 4 is 28.3 Å². The molecule has 2 N–H and O–H groups in total. The fourth-order valence-corrected chi connectivity index (χ4v) is 3.60. The SMILES string of the molecule is Cc1cc(C)c2cc(C(=O)Nc3ccc(N4CCN(C)CC4)nc3)[nH]c2c1. The summed E-state index contributed by atoms with van der Waals surface area (Å²) in [6.07, 6.45) is 1.73. The summed E-state index contributed by atoms with van der Waals surface area (Å²) in [5.41, 5.74) is 4.59. The van der Waals surface area contributed by atoms with E-state index in [2.05, 4.69) is 58.1 Å². The van der Waals surface area contributed by atoms with Crippen LogP contribution in [0.4, 0.5) is 11.5 Å². The van der Waals surface area contributed by atoms with E-state index in [1.54, 1.807) is 6.20 Å². The third-order valence-electron chi connectivity index (χ3n) is 5.17. The summed E-state index contributed by atoms with van der Waals surface area (Å²) in [5, 5.41) is 4.01. The fraction of sp³-hybridized carbons (Fsp3) is 0.333. The minimum Gasteiger partial charge on any atom is -0.354 e. The molecule has 1 fully saturated rings. The first-order valence-corrected chi connectivity index (χ1v) is 9.30. The van der Waals surface area contributed by atoms with Gasteiger partial charge in [0.25, 0.3) is 5.91 Å². The van der Waals surface area contributed by atoms with E-state index in [-0.39, 0.29) is 5.91 Å². The van der Waals surface area contributed by atoms with E-state index < -0.39 is 0 Å². The number of H-pyrrole nitrogens is 1. The number of fused-ring (bicyclic) bond motifs is 1. The molecule has 0 aliphatic carbocycles. The van der Waals surface area contributed by atoms with Gasteiger partial charge in [0, 0.05) is 37.1 Å². The molecule has 140 valence electrons. The number of hydrogen-bond acceptors (Lipinski definition) is 4. The van der Waals surface area contributed by atoms with E-state index in [0.29, 0.717) is 11.4 Å². The number of nitrogens with zero attached hydrogens (tertiary/aromatic N) is 3. The second-order valence-electron chi connectivity index (χ2n) is 7.38. The number of nitrogens with one attached hydrogen (secondary N) is 2. The molecule has 6 heteroatoms. The summed E-state index contributed by atoms with van der Waals surface area (Å²) in [4.78, 5) is 24.9. The van der Waals surface area contributed by atoms with E-state index in [0.717, 1.165) is 42.9 Å². The Balaban J connectivity index is 1.47. The topological polar surface area (TPSA) is 64.3 Å². The maximum Gasteiger partial charge on any atom is 0.272 e. The van der Waals surface area contributed by atoms with Gasteiger partial charge >= 0.3 is 0 Å². The Kier molecular flexibility index (Phi) is 4.58. The van der Waals surface area contributed by atoms with Crippen LogP contribution in [0.1, 0.15) is 21.6 Å². The number of carbonyl (C=O) groups is 1. The average Bonchev–Trinajstić information content (AvgIpc) is 3.08. The predicted molar refractivity (Wildman–Crippen MR) is 110 cm³/mol. The first-order chi connectivity index (χ1) is 13.0. The molecule has 27 heavy (non-hydrogen) atoms. The summed E-state index contributed by atoms with van der Waals surface area (Å²) < 4.78 is 0. The highest BCUT2D eigenvalue weighted by molar-refractivity contribution is 6.06. The largest absolute Gasteiger partial charge is 0.354 e. The van der Waals surface area contributed by atoms with Crippen LogP contribution in [0.25, 0.3) is 10.9 Å². The Morgan fingerprint density at radius 1 is 1.11 bits per heavy atom. The molecule has 0 atom stereocenters. The number of anilines is 2. The van der Waals surface area contributed by atoms with E-state index in [9.17, 15) is 4.79 Å². The van der Waals surface area contributed by atoms with Crippen molar-refractivity contribution in [1.29, 1.82) is 0 Å². The van der Waals surface area contributed by atoms with Crippen LogP contribution < -0.4 is 10.2 Å². The normalized spacial score (nSPS) is 15.3. The number of pyridine rings is 1. The van der Waals surface area contributed by atoms with Crippen molar-refractivity contribution in [3.63, 3.8) is 0 Å². The van der Waals surface area contributed by atoms with Crippen LogP contribution in [0.15, 0.2) is 36.5 Å². The van der Waals surface area contributed by atoms with Crippen LogP contribution in [0.3, 0.4) is 0 Å². The number of piperazine rings is 1. The van der Waals surface area contributed by atoms with Crippen LogP contribution in [0, 0.1) is 13.8 Å². The lowest BCUT2D eigenvalue weighted by Crippen LogP contribution is -2.44. The van der Waals surface area contributed by atoms with E-state index >= 15 is 0 Å². The molecule has 6 nitrogen and oxygen atoms in total. The molecular formula is C21H25N5O. The van der Waals surface area contributed by atoms with Gasteiger partial charge < -0.3 is 20.1 Å². The van der Waals surface area contributed by atoms with Crippen molar-refractivity contribution in [3.05, 3.63) is 53.3 Å². The van der Waals surface area contributed by atoms with Crippen LogP contribution in [0.2, 0.25) is 0 Å². The molecular weight excluding hydrogens is 338 g/mol. The molecule has 1 aromatic carbocycles. The lowest BCUT2D eigenvalue weighted by atomic mass is 10.1. The molecule has 1 aliphatic rings. The van der Waals surface area contributed by atoms with Gasteiger partial charge in [-0.1, -0.05) is 6.07 Å². The smallest absolute Gasteiger partial charge is 0.272 e. The van der Waals surface area contributed by atoms with Crippen molar-refractivity contribution in [2.45, 2.75) is 13.8 Å². The number of amides is 1. The summed E-state index contributed by atoms with van der Waals surface area (Å²) >= 11 is 0. The Morgan fingerprint density at radius 3 is 2.59 bits per heavy atom. The second kappa shape index (κ2) is 7.04. The van der Waals surface area contributed by atoms with Gasteiger partial charge in [0.1, 0.15) is 11.5 Å². The van der Waals surface area contributed by atoms with Crippen molar-refractivity contribution in [3.8, 4) is 0 Å². The Hall–Kier alpha value is -2.86. The molecule has 1 amide bonds. The minimum absolute atomic E-state index is 0.155. The lowest BCUT2D eigenvalue weighted by Gasteiger charge is -2.33. The van der Waals surface area contributed by atoms with Gasteiger partial charge in [0.05, 0.1) is 11.9 Å². The van der Waals surface area contributed by atoms with E-state index in [1.807, 2.05) is 18.2 Å². The van der Waals surface area contributed by atoms with Gasteiger partial charge in [-0.3, -0.25) is 4.79 Å². The zero-order valence-corrected chi connectivity index (χ0v) is 16.0. The first kappa shape index (κ1) is 17.5. The molecule has 0 unspecified atom stereocenters. The summed E-state index contributed by atoms with van der Waals surface area (Å²) in [6.45, 7) is 8.15. The highest BCUT2D eigenvalue weighted by Crippen LogP contribution is 2.22. The number of aryl methyl sites for hydroxylation is 2. The number of aromatic amines is 1. The number of benzene rings is 1. The molecule has 1 aliphatic heterocycles. The second-order valence-corrected chi connectivity index (χ2v) is 7.38. The molecule has 0 saturated carbocycles. The zero-order chi connectivity index (χ0) is 19.0. The van der Waals surface area contributed by atoms with E-state index in [1.165, 1.54) is 11.1 Å². The number of carbonyl (C=O) groups excluding carboxylic acids is 1. The standard InChI is InChI=1S/C21H25N5O/c1-14-10-15(2)17-12-19(24-18(17)11-14)21(27)23-16-4-5-20(22-13-16)26-8-6-25(3)7-9-26/h4-5,10-13,24H,6-9H2,1-3H3,(H,23,27). The van der Waals surface area contributed by atoms with E-state index in [4.69, 9.17) is 0 Å². The van der Waals surface area contributed by atoms with Crippen molar-refractivity contribution < 1.29 is 4.79 Å². The van der Waals surface area contributed by atoms with Gasteiger partial charge in [0.15, 0.2) is 0 Å². The fourth-order valence-electron chi connectivity index (χ4n) is 3.60. The molecule has 4 rings (SSSR count). The number of hydrogen-bond donors (Lipinski definition) is 2. The lowest BCUT2D eigenvalue weighted by molar-refractivity contribution is 0.102. The Labute approximate surface area is 159 Å². The van der Waals surface area contributed by atoms with Gasteiger partial charge in [-0.25, -0.2) is 4.98 Å². The molecule has 0 radical (unpaired) electrons. The van der Waals surface area contributed by atoms with Crippen molar-refractivity contribution in [1.82, 2.24) is 14.9 Å². The third kappa shape index (κ3) is 3.66. The minimum atomic E-state index is -0.155. The maximum absolute atomic E-state index is 12.6. The molecule has 1 saturated heterocycles. The van der Waals surface area contributed by atoms with Gasteiger partial charge in [-0.2, -0.15) is 0 Å². The molecule has 0 bridgehead atoms. The van der Waals surface area contributed by atoms with Gasteiger partial charge in [0.2, 0.25) is 0 Å². The van der Waals surface area contributed by atoms with Crippen LogP contribution in [-0.2, 0) is 0 Å². The number of aromatic nitrogens is 2. The number of likely N-dealkylation sites (N-methyl/N-ethyl adjacent to an activating group) is 1. The highest BCUT2D eigenvalue weighted by atomic mass is 16.1. The van der Waals surface area contributed by atoms with Crippen LogP contribution in [0.5, 0.6) is 0 Å². The Morgan fingerprint density at radius 2 is 1.89 bits per heavy atom. The van der Waals surface area contributed by atoms with Crippen LogP contribution in [-0.4, -0.2) is 54.0 Å².